The Morgan fingerprint density at radius 2 is 1.04 bits per heavy atom. The number of nitrogens with zero attached hydrogens (tertiary/aromatic N) is 3. The van der Waals surface area contributed by atoms with E-state index in [1.165, 1.54) is 0 Å². The molecule has 0 aromatic heterocycles. The molecule has 0 aliphatic carbocycles. The lowest BCUT2D eigenvalue weighted by Crippen LogP contribution is -2.43. The molecule has 7 heteroatoms. The second-order valence-electron chi connectivity index (χ2n) is 5.98. The Kier molecular flexibility index (Phi) is 8.61. The van der Waals surface area contributed by atoms with Crippen molar-refractivity contribution >= 4 is 17.7 Å². The van der Waals surface area contributed by atoms with Gasteiger partial charge in [0, 0.05) is 66.6 Å². The Balaban J connectivity index is 2.67. The van der Waals surface area contributed by atoms with Crippen LogP contribution >= 0.6 is 0 Å². The molecule has 3 amide bonds. The monoisotopic (exact) mass is 326 g/mol. The molecule has 0 unspecified atom stereocenters. The van der Waals surface area contributed by atoms with Gasteiger partial charge in [0.1, 0.15) is 0 Å². The van der Waals surface area contributed by atoms with Crippen molar-refractivity contribution in [3.8, 4) is 0 Å². The van der Waals surface area contributed by atoms with Crippen molar-refractivity contribution in [2.75, 3.05) is 52.4 Å². The summed E-state index contributed by atoms with van der Waals surface area (Å²) in [6, 6.07) is 0. The molecule has 23 heavy (non-hydrogen) atoms. The molecule has 7 nitrogen and oxygen atoms in total. The first-order valence-electron chi connectivity index (χ1n) is 8.39. The molecule has 1 fully saturated rings. The Bertz CT molecular complexity index is 414. The van der Waals surface area contributed by atoms with Crippen LogP contribution in [0.2, 0.25) is 0 Å². The van der Waals surface area contributed by atoms with Gasteiger partial charge >= 0.3 is 0 Å². The molecule has 0 aromatic carbocycles. The van der Waals surface area contributed by atoms with E-state index in [-0.39, 0.29) is 17.7 Å². The van der Waals surface area contributed by atoms with Crippen molar-refractivity contribution in [1.29, 1.82) is 0 Å². The molecule has 1 N–H and O–H groups in total. The summed E-state index contributed by atoms with van der Waals surface area (Å²) in [5, 5.41) is 3.31. The average Bonchev–Trinajstić information content (AvgIpc) is 2.47. The van der Waals surface area contributed by atoms with E-state index in [2.05, 4.69) is 5.32 Å². The van der Waals surface area contributed by atoms with Gasteiger partial charge in [-0.2, -0.15) is 0 Å². The smallest absolute Gasteiger partial charge is 0.219 e. The largest absolute Gasteiger partial charge is 0.342 e. The predicted molar refractivity (Wildman–Crippen MR) is 88.9 cm³/mol. The minimum Gasteiger partial charge on any atom is -0.342 e. The van der Waals surface area contributed by atoms with Crippen molar-refractivity contribution in [2.45, 2.75) is 33.6 Å². The third-order valence-electron chi connectivity index (χ3n) is 4.17. The molecule has 0 radical (unpaired) electrons. The maximum atomic E-state index is 11.8. The lowest BCUT2D eigenvalue weighted by Gasteiger charge is -2.28. The molecule has 0 atom stereocenters. The second-order valence-corrected chi connectivity index (χ2v) is 5.98. The third-order valence-corrected chi connectivity index (χ3v) is 4.17. The first-order chi connectivity index (χ1) is 10.9. The summed E-state index contributed by atoms with van der Waals surface area (Å²) in [5.74, 6) is 0.121. The maximum absolute atomic E-state index is 11.8. The van der Waals surface area contributed by atoms with Crippen LogP contribution in [0.3, 0.4) is 0 Å². The number of carbonyl (C=O) groups excluding carboxylic acids is 3. The van der Waals surface area contributed by atoms with Crippen molar-refractivity contribution in [3.05, 3.63) is 0 Å². The van der Waals surface area contributed by atoms with Crippen LogP contribution in [0.1, 0.15) is 33.6 Å². The lowest BCUT2D eigenvalue weighted by atomic mass is 10.3. The summed E-state index contributed by atoms with van der Waals surface area (Å²) in [6.45, 7) is 9.98. The van der Waals surface area contributed by atoms with Crippen molar-refractivity contribution < 1.29 is 14.4 Å². The fourth-order valence-corrected chi connectivity index (χ4v) is 2.71. The minimum absolute atomic E-state index is 0.0108. The Morgan fingerprint density at radius 3 is 1.52 bits per heavy atom. The van der Waals surface area contributed by atoms with Crippen LogP contribution in [0.5, 0.6) is 0 Å². The Labute approximate surface area is 139 Å². The van der Waals surface area contributed by atoms with Crippen molar-refractivity contribution in [1.82, 2.24) is 20.0 Å². The molecular formula is C16H30N4O3. The van der Waals surface area contributed by atoms with Crippen molar-refractivity contribution in [3.63, 3.8) is 0 Å². The first kappa shape index (κ1) is 19.4. The topological polar surface area (TPSA) is 73.0 Å². The summed E-state index contributed by atoms with van der Waals surface area (Å²) in [5.41, 5.74) is 0. The van der Waals surface area contributed by atoms with Gasteiger partial charge in [0.15, 0.2) is 0 Å². The number of hydrogen-bond donors (Lipinski definition) is 1. The van der Waals surface area contributed by atoms with Crippen LogP contribution in [0.25, 0.3) is 0 Å². The number of hydrogen-bond acceptors (Lipinski definition) is 4. The first-order valence-corrected chi connectivity index (χ1v) is 8.39. The van der Waals surface area contributed by atoms with E-state index in [0.717, 1.165) is 25.9 Å². The van der Waals surface area contributed by atoms with Gasteiger partial charge in [-0.15, -0.1) is 0 Å². The Morgan fingerprint density at radius 1 is 0.609 bits per heavy atom. The van der Waals surface area contributed by atoms with E-state index in [9.17, 15) is 14.4 Å². The number of carbonyl (C=O) groups is 3. The predicted octanol–water partition coefficient (Wildman–Crippen LogP) is -0.0847. The van der Waals surface area contributed by atoms with Crippen LogP contribution in [0.15, 0.2) is 0 Å². The highest BCUT2D eigenvalue weighted by molar-refractivity contribution is 5.74. The highest BCUT2D eigenvalue weighted by Gasteiger charge is 2.15. The van der Waals surface area contributed by atoms with Gasteiger partial charge in [-0.1, -0.05) is 0 Å². The zero-order valence-electron chi connectivity index (χ0n) is 14.6. The van der Waals surface area contributed by atoms with E-state index in [1.807, 2.05) is 4.90 Å². The molecule has 1 rings (SSSR count). The summed E-state index contributed by atoms with van der Waals surface area (Å²) in [6.07, 6.45) is 1.61. The van der Waals surface area contributed by atoms with Gasteiger partial charge in [-0.05, 0) is 19.4 Å². The van der Waals surface area contributed by atoms with Crippen LogP contribution in [-0.2, 0) is 14.4 Å². The lowest BCUT2D eigenvalue weighted by molar-refractivity contribution is -0.133. The highest BCUT2D eigenvalue weighted by atomic mass is 16.2. The molecule has 0 aromatic rings. The summed E-state index contributed by atoms with van der Waals surface area (Å²) in [4.78, 5) is 40.5. The van der Waals surface area contributed by atoms with Crippen LogP contribution in [-0.4, -0.2) is 84.8 Å². The minimum atomic E-state index is 0.0108. The highest BCUT2D eigenvalue weighted by Crippen LogP contribution is 2.01. The van der Waals surface area contributed by atoms with Gasteiger partial charge in [-0.3, -0.25) is 14.4 Å². The molecule has 1 aliphatic heterocycles. The van der Waals surface area contributed by atoms with Gasteiger partial charge in [0.05, 0.1) is 0 Å². The van der Waals surface area contributed by atoms with Gasteiger partial charge < -0.3 is 20.0 Å². The van der Waals surface area contributed by atoms with Crippen LogP contribution in [0.4, 0.5) is 0 Å². The fourth-order valence-electron chi connectivity index (χ4n) is 2.71. The molecule has 0 saturated carbocycles. The zero-order chi connectivity index (χ0) is 17.2. The Hall–Kier alpha value is -1.63. The van der Waals surface area contributed by atoms with E-state index in [4.69, 9.17) is 0 Å². The molecule has 0 bridgehead atoms. The second kappa shape index (κ2) is 10.2. The van der Waals surface area contributed by atoms with E-state index >= 15 is 0 Å². The number of rotatable bonds is 0. The van der Waals surface area contributed by atoms with Gasteiger partial charge in [0.2, 0.25) is 17.7 Å². The van der Waals surface area contributed by atoms with E-state index < -0.39 is 0 Å². The standard InChI is InChI=1S/C16H30N4O3/c1-14(21)18-9-5-10-20(16(3)23)13-12-19(15(2)22)8-4-6-17-7-11-18/h17H,4-13H2,1-3H3. The fraction of sp³-hybridized carbons (Fsp3) is 0.812. The van der Waals surface area contributed by atoms with E-state index in [0.29, 0.717) is 39.3 Å². The van der Waals surface area contributed by atoms with Crippen LogP contribution < -0.4 is 5.32 Å². The summed E-state index contributed by atoms with van der Waals surface area (Å²) >= 11 is 0. The molecule has 132 valence electrons. The van der Waals surface area contributed by atoms with Gasteiger partial charge in [0.25, 0.3) is 0 Å². The van der Waals surface area contributed by atoms with Crippen LogP contribution in [0, 0.1) is 0 Å². The molecule has 1 aliphatic rings. The van der Waals surface area contributed by atoms with E-state index in [1.54, 1.807) is 30.6 Å². The molecule has 0 spiro atoms. The van der Waals surface area contributed by atoms with Gasteiger partial charge in [-0.25, -0.2) is 0 Å². The zero-order valence-corrected chi connectivity index (χ0v) is 14.6. The average molecular weight is 326 g/mol. The molecule has 1 saturated heterocycles. The normalized spacial score (nSPS) is 19.2. The number of amides is 3. The third kappa shape index (κ3) is 7.45. The quantitative estimate of drug-likeness (QED) is 0.675. The van der Waals surface area contributed by atoms with Crippen molar-refractivity contribution in [2.24, 2.45) is 0 Å². The SMILES string of the molecule is CC(=O)N1CCCN(C(C)=O)CCN(C(C)=O)CCCNCC1. The summed E-state index contributed by atoms with van der Waals surface area (Å²) < 4.78 is 0. The summed E-state index contributed by atoms with van der Waals surface area (Å²) in [7, 11) is 0. The maximum Gasteiger partial charge on any atom is 0.219 e. The number of nitrogens with one attached hydrogen (secondary N) is 1. The molecular weight excluding hydrogens is 296 g/mol. The molecule has 1 heterocycles.